The van der Waals surface area contributed by atoms with Crippen molar-refractivity contribution in [2.45, 2.75) is 42.4 Å². The van der Waals surface area contributed by atoms with Crippen LogP contribution in [0.2, 0.25) is 0 Å². The van der Waals surface area contributed by atoms with Crippen molar-refractivity contribution in [3.63, 3.8) is 0 Å². The molecule has 2 aromatic carbocycles. The first kappa shape index (κ1) is 18.8. The van der Waals surface area contributed by atoms with Crippen LogP contribution in [0, 0.1) is 0 Å². The summed E-state index contributed by atoms with van der Waals surface area (Å²) in [7, 11) is 0. The van der Waals surface area contributed by atoms with Gasteiger partial charge in [-0.25, -0.2) is 0 Å². The van der Waals surface area contributed by atoms with E-state index in [1.54, 1.807) is 11.8 Å². The summed E-state index contributed by atoms with van der Waals surface area (Å²) in [5, 5.41) is 14.4. The number of rotatable bonds is 6. The standard InChI is InChI=1S/C21H25NO3S/c1-15(2)26-17-9-7-16(8-10-17)13-20(23)22-14-21(24)11-12-25-19-6-4-3-5-18(19)21/h3-10,15,24H,11-14H2,1-2H3,(H,22,23). The Morgan fingerprint density at radius 1 is 1.23 bits per heavy atom. The second kappa shape index (κ2) is 8.14. The molecule has 3 rings (SSSR count). The van der Waals surface area contributed by atoms with E-state index < -0.39 is 5.60 Å². The van der Waals surface area contributed by atoms with E-state index in [0.29, 0.717) is 30.4 Å². The normalized spacial score (nSPS) is 18.9. The van der Waals surface area contributed by atoms with Crippen LogP contribution in [0.15, 0.2) is 53.4 Å². The number of thioether (sulfide) groups is 1. The van der Waals surface area contributed by atoms with Gasteiger partial charge in [0, 0.05) is 22.1 Å². The lowest BCUT2D eigenvalue weighted by atomic mass is 9.88. The molecule has 1 amide bonds. The number of aliphatic hydroxyl groups is 1. The largest absolute Gasteiger partial charge is 0.493 e. The molecule has 0 bridgehead atoms. The Balaban J connectivity index is 1.58. The van der Waals surface area contributed by atoms with E-state index in [1.165, 1.54) is 4.90 Å². The number of fused-ring (bicyclic) bond motifs is 1. The summed E-state index contributed by atoms with van der Waals surface area (Å²) < 4.78 is 5.59. The highest BCUT2D eigenvalue weighted by molar-refractivity contribution is 7.99. The quantitative estimate of drug-likeness (QED) is 0.763. The Labute approximate surface area is 159 Å². The molecular formula is C21H25NO3S. The predicted molar refractivity (Wildman–Crippen MR) is 105 cm³/mol. The molecule has 0 fully saturated rings. The van der Waals surface area contributed by atoms with Crippen LogP contribution in [0.1, 0.15) is 31.4 Å². The van der Waals surface area contributed by atoms with E-state index >= 15 is 0 Å². The highest BCUT2D eigenvalue weighted by Gasteiger charge is 2.35. The lowest BCUT2D eigenvalue weighted by Gasteiger charge is -2.34. The van der Waals surface area contributed by atoms with Crippen molar-refractivity contribution in [2.75, 3.05) is 13.2 Å². The van der Waals surface area contributed by atoms with E-state index in [0.717, 1.165) is 11.1 Å². The number of carbonyl (C=O) groups excluding carboxylic acids is 1. The molecule has 5 heteroatoms. The monoisotopic (exact) mass is 371 g/mol. The Kier molecular flexibility index (Phi) is 5.89. The molecule has 1 atom stereocenters. The maximum atomic E-state index is 12.3. The lowest BCUT2D eigenvalue weighted by Crippen LogP contribution is -2.44. The van der Waals surface area contributed by atoms with Gasteiger partial charge in [-0.2, -0.15) is 0 Å². The van der Waals surface area contributed by atoms with Crippen LogP contribution < -0.4 is 10.1 Å². The molecule has 0 spiro atoms. The highest BCUT2D eigenvalue weighted by Crippen LogP contribution is 2.36. The second-order valence-electron chi connectivity index (χ2n) is 6.89. The van der Waals surface area contributed by atoms with Crippen molar-refractivity contribution in [1.82, 2.24) is 5.32 Å². The molecule has 0 aliphatic carbocycles. The number of nitrogens with one attached hydrogen (secondary N) is 1. The first-order chi connectivity index (χ1) is 12.5. The van der Waals surface area contributed by atoms with Gasteiger partial charge in [0.25, 0.3) is 0 Å². The fourth-order valence-electron chi connectivity index (χ4n) is 3.08. The van der Waals surface area contributed by atoms with Gasteiger partial charge in [-0.3, -0.25) is 4.79 Å². The topological polar surface area (TPSA) is 58.6 Å². The van der Waals surface area contributed by atoms with E-state index in [1.807, 2.05) is 36.4 Å². The smallest absolute Gasteiger partial charge is 0.224 e. The fourth-order valence-corrected chi connectivity index (χ4v) is 3.91. The minimum absolute atomic E-state index is 0.0911. The molecule has 0 radical (unpaired) electrons. The van der Waals surface area contributed by atoms with Crippen molar-refractivity contribution < 1.29 is 14.6 Å². The molecule has 1 unspecified atom stereocenters. The Bertz CT molecular complexity index is 760. The Hall–Kier alpha value is -1.98. The molecule has 26 heavy (non-hydrogen) atoms. The summed E-state index contributed by atoms with van der Waals surface area (Å²) in [5.41, 5.74) is 0.624. The summed E-state index contributed by atoms with van der Waals surface area (Å²) in [6, 6.07) is 15.5. The van der Waals surface area contributed by atoms with Gasteiger partial charge in [-0.05, 0) is 23.8 Å². The van der Waals surface area contributed by atoms with Crippen molar-refractivity contribution in [1.29, 1.82) is 0 Å². The second-order valence-corrected chi connectivity index (χ2v) is 8.54. The maximum Gasteiger partial charge on any atom is 0.224 e. The number of hydrogen-bond acceptors (Lipinski definition) is 4. The maximum absolute atomic E-state index is 12.3. The minimum atomic E-state index is -1.08. The highest BCUT2D eigenvalue weighted by atomic mass is 32.2. The van der Waals surface area contributed by atoms with Crippen LogP contribution >= 0.6 is 11.8 Å². The lowest BCUT2D eigenvalue weighted by molar-refractivity contribution is -0.122. The molecule has 0 aromatic heterocycles. The third kappa shape index (κ3) is 4.59. The number of ether oxygens (including phenoxy) is 1. The number of para-hydroxylation sites is 1. The van der Waals surface area contributed by atoms with Gasteiger partial charge in [-0.15, -0.1) is 11.8 Å². The van der Waals surface area contributed by atoms with Crippen LogP contribution in [0.4, 0.5) is 0 Å². The fraction of sp³-hybridized carbons (Fsp3) is 0.381. The first-order valence-corrected chi connectivity index (χ1v) is 9.81. The molecule has 0 saturated carbocycles. The zero-order valence-corrected chi connectivity index (χ0v) is 16.0. The van der Waals surface area contributed by atoms with Gasteiger partial charge in [0.2, 0.25) is 5.91 Å². The van der Waals surface area contributed by atoms with Gasteiger partial charge in [0.1, 0.15) is 11.4 Å². The molecule has 1 aliphatic heterocycles. The van der Waals surface area contributed by atoms with Gasteiger partial charge in [0.05, 0.1) is 19.6 Å². The molecule has 1 heterocycles. The molecular weight excluding hydrogens is 346 g/mol. The van der Waals surface area contributed by atoms with Crippen LogP contribution in [0.3, 0.4) is 0 Å². The van der Waals surface area contributed by atoms with Crippen LogP contribution in [-0.4, -0.2) is 29.4 Å². The zero-order chi connectivity index (χ0) is 18.6. The minimum Gasteiger partial charge on any atom is -0.493 e. The third-order valence-electron chi connectivity index (χ3n) is 4.40. The molecule has 4 nitrogen and oxygen atoms in total. The number of hydrogen-bond donors (Lipinski definition) is 2. The number of carbonyl (C=O) groups is 1. The SMILES string of the molecule is CC(C)Sc1ccc(CC(=O)NCC2(O)CCOc3ccccc32)cc1. The van der Waals surface area contributed by atoms with Gasteiger partial charge < -0.3 is 15.2 Å². The summed E-state index contributed by atoms with van der Waals surface area (Å²) in [5.74, 6) is 0.598. The predicted octanol–water partition coefficient (Wildman–Crippen LogP) is 3.52. The van der Waals surface area contributed by atoms with Crippen molar-refractivity contribution in [2.24, 2.45) is 0 Å². The first-order valence-electron chi connectivity index (χ1n) is 8.93. The van der Waals surface area contributed by atoms with Gasteiger partial charge in [0.15, 0.2) is 0 Å². The van der Waals surface area contributed by atoms with Crippen LogP contribution in [0.5, 0.6) is 5.75 Å². The summed E-state index contributed by atoms with van der Waals surface area (Å²) >= 11 is 1.80. The molecule has 1 aliphatic rings. The van der Waals surface area contributed by atoms with Crippen molar-refractivity contribution in [3.05, 3.63) is 59.7 Å². The average molecular weight is 372 g/mol. The molecule has 2 aromatic rings. The number of amides is 1. The van der Waals surface area contributed by atoms with Gasteiger partial charge >= 0.3 is 0 Å². The van der Waals surface area contributed by atoms with Crippen molar-refractivity contribution >= 4 is 17.7 Å². The zero-order valence-electron chi connectivity index (χ0n) is 15.2. The van der Waals surface area contributed by atoms with Gasteiger partial charge in [-0.1, -0.05) is 44.2 Å². The third-order valence-corrected chi connectivity index (χ3v) is 5.42. The molecule has 138 valence electrons. The van der Waals surface area contributed by atoms with E-state index in [9.17, 15) is 9.90 Å². The summed E-state index contributed by atoms with van der Waals surface area (Å²) in [6.45, 7) is 4.95. The van der Waals surface area contributed by atoms with Crippen molar-refractivity contribution in [3.8, 4) is 5.75 Å². The Morgan fingerprint density at radius 3 is 2.69 bits per heavy atom. The van der Waals surface area contributed by atoms with Crippen LogP contribution in [0.25, 0.3) is 0 Å². The van der Waals surface area contributed by atoms with E-state index in [4.69, 9.17) is 4.74 Å². The summed E-state index contributed by atoms with van der Waals surface area (Å²) in [6.07, 6.45) is 0.770. The Morgan fingerprint density at radius 2 is 1.96 bits per heavy atom. The van der Waals surface area contributed by atoms with E-state index in [-0.39, 0.29) is 12.5 Å². The number of benzene rings is 2. The van der Waals surface area contributed by atoms with E-state index in [2.05, 4.69) is 31.3 Å². The molecule has 0 saturated heterocycles. The van der Waals surface area contributed by atoms with Crippen LogP contribution in [-0.2, 0) is 16.8 Å². The molecule has 2 N–H and O–H groups in total. The summed E-state index contributed by atoms with van der Waals surface area (Å²) in [4.78, 5) is 13.5. The average Bonchev–Trinajstić information content (AvgIpc) is 2.62.